The Balaban J connectivity index is 1.44. The molecule has 0 N–H and O–H groups in total. The molecule has 5 heteroatoms. The largest absolute Gasteiger partial charge is 0.337 e. The summed E-state index contributed by atoms with van der Waals surface area (Å²) in [5, 5.41) is 0. The third kappa shape index (κ3) is 5.41. The fourth-order valence-electron chi connectivity index (χ4n) is 5.69. The third-order valence-corrected chi connectivity index (χ3v) is 7.71. The van der Waals surface area contributed by atoms with Crippen LogP contribution in [0, 0.1) is 32.5 Å². The third-order valence-electron chi connectivity index (χ3n) is 7.71. The minimum absolute atomic E-state index is 0.0183. The molecule has 1 aliphatic heterocycles. The van der Waals surface area contributed by atoms with Gasteiger partial charge in [-0.2, -0.15) is 0 Å². The molecular weight excluding hydrogens is 427 g/mol. The summed E-state index contributed by atoms with van der Waals surface area (Å²) in [6.07, 6.45) is 4.58. The Kier molecular flexibility index (Phi) is 7.51. The number of benzene rings is 2. The van der Waals surface area contributed by atoms with Gasteiger partial charge in [0.05, 0.1) is 0 Å². The Morgan fingerprint density at radius 2 is 1.71 bits per heavy atom. The van der Waals surface area contributed by atoms with Crippen molar-refractivity contribution in [3.63, 3.8) is 0 Å². The topological polar surface area (TPSA) is 40.6 Å². The van der Waals surface area contributed by atoms with Crippen LogP contribution in [0.5, 0.6) is 0 Å². The molecule has 0 radical (unpaired) electrons. The van der Waals surface area contributed by atoms with Gasteiger partial charge in [-0.15, -0.1) is 0 Å². The minimum Gasteiger partial charge on any atom is -0.337 e. The number of halogens is 1. The van der Waals surface area contributed by atoms with E-state index in [-0.39, 0.29) is 30.0 Å². The zero-order valence-electron chi connectivity index (χ0n) is 21.0. The van der Waals surface area contributed by atoms with Crippen LogP contribution < -0.4 is 0 Å². The van der Waals surface area contributed by atoms with Crippen molar-refractivity contribution in [2.24, 2.45) is 5.92 Å². The normalized spacial score (nSPS) is 19.6. The lowest BCUT2D eigenvalue weighted by atomic mass is 9.93. The molecule has 0 bridgehead atoms. The number of hydrogen-bond donors (Lipinski definition) is 0. The van der Waals surface area contributed by atoms with Gasteiger partial charge in [0.2, 0.25) is 5.91 Å². The van der Waals surface area contributed by atoms with Gasteiger partial charge >= 0.3 is 0 Å². The highest BCUT2D eigenvalue weighted by molar-refractivity contribution is 5.99. The van der Waals surface area contributed by atoms with Gasteiger partial charge in [-0.25, -0.2) is 4.39 Å². The first kappa shape index (κ1) is 24.6. The monoisotopic (exact) mass is 464 g/mol. The van der Waals surface area contributed by atoms with E-state index in [2.05, 4.69) is 16.7 Å². The van der Waals surface area contributed by atoms with Crippen LogP contribution in [0.1, 0.15) is 70.8 Å². The van der Waals surface area contributed by atoms with Gasteiger partial charge in [0, 0.05) is 50.1 Å². The second kappa shape index (κ2) is 10.4. The van der Waals surface area contributed by atoms with Crippen molar-refractivity contribution in [3.05, 3.63) is 69.5 Å². The van der Waals surface area contributed by atoms with Crippen LogP contribution in [-0.4, -0.2) is 47.2 Å². The molecule has 182 valence electrons. The Hall–Kier alpha value is -2.53. The van der Waals surface area contributed by atoms with E-state index in [1.807, 2.05) is 39.0 Å². The van der Waals surface area contributed by atoms with Gasteiger partial charge in [0.1, 0.15) is 5.82 Å². The van der Waals surface area contributed by atoms with Gasteiger partial charge in [-0.3, -0.25) is 14.5 Å². The summed E-state index contributed by atoms with van der Waals surface area (Å²) in [6.45, 7) is 11.0. The zero-order chi connectivity index (χ0) is 24.4. The zero-order valence-corrected chi connectivity index (χ0v) is 21.0. The Labute approximate surface area is 203 Å². The summed E-state index contributed by atoms with van der Waals surface area (Å²) in [5.74, 6) is 0.243. The molecule has 2 aromatic rings. The number of amides is 1. The van der Waals surface area contributed by atoms with Crippen molar-refractivity contribution in [1.82, 2.24) is 9.80 Å². The van der Waals surface area contributed by atoms with E-state index in [0.29, 0.717) is 18.0 Å². The van der Waals surface area contributed by atoms with Crippen LogP contribution in [-0.2, 0) is 17.8 Å². The van der Waals surface area contributed by atoms with Crippen molar-refractivity contribution in [1.29, 1.82) is 0 Å². The summed E-state index contributed by atoms with van der Waals surface area (Å²) in [6, 6.07) is 9.08. The van der Waals surface area contributed by atoms with Crippen molar-refractivity contribution in [2.75, 3.05) is 19.6 Å². The standard InChI is InChI=1S/C29H37FN2O2/c1-19-9-10-27(20(2)13-19)28(33)16-24-14-26(30)15-25(22(24)4)18-31-11-12-32(21(3)17-31)29(34)23-7-5-6-8-23/h9-10,13-15,21,23H,5-8,11-12,16-18H2,1-4H3/t21-/m0/s1. The molecule has 1 aliphatic carbocycles. The van der Waals surface area contributed by atoms with Crippen LogP contribution in [0.25, 0.3) is 0 Å². The molecule has 0 unspecified atom stereocenters. The van der Waals surface area contributed by atoms with Crippen LogP contribution in [0.2, 0.25) is 0 Å². The highest BCUT2D eigenvalue weighted by Gasteiger charge is 2.33. The number of Topliss-reactive ketones (excluding diaryl/α,β-unsaturated/α-hetero) is 1. The van der Waals surface area contributed by atoms with E-state index in [9.17, 15) is 14.0 Å². The first-order valence-electron chi connectivity index (χ1n) is 12.6. The Morgan fingerprint density at radius 1 is 1.00 bits per heavy atom. The van der Waals surface area contributed by atoms with Crippen molar-refractivity contribution in [2.45, 2.75) is 72.4 Å². The molecule has 34 heavy (non-hydrogen) atoms. The van der Waals surface area contributed by atoms with Gasteiger partial charge in [0.15, 0.2) is 5.78 Å². The molecule has 1 saturated carbocycles. The molecule has 2 fully saturated rings. The molecule has 4 nitrogen and oxygen atoms in total. The van der Waals surface area contributed by atoms with E-state index < -0.39 is 0 Å². The lowest BCUT2D eigenvalue weighted by molar-refractivity contribution is -0.140. The number of nitrogens with zero attached hydrogens (tertiary/aromatic N) is 2. The number of aryl methyl sites for hydroxylation is 2. The number of piperazine rings is 1. The van der Waals surface area contributed by atoms with Crippen molar-refractivity contribution in [3.8, 4) is 0 Å². The molecule has 1 atom stereocenters. The molecule has 1 heterocycles. The Morgan fingerprint density at radius 3 is 2.38 bits per heavy atom. The van der Waals surface area contributed by atoms with Crippen molar-refractivity contribution >= 4 is 11.7 Å². The van der Waals surface area contributed by atoms with Crippen LogP contribution >= 0.6 is 0 Å². The van der Waals surface area contributed by atoms with Crippen LogP contribution in [0.4, 0.5) is 4.39 Å². The van der Waals surface area contributed by atoms with Gasteiger partial charge < -0.3 is 4.90 Å². The second-order valence-electron chi connectivity index (χ2n) is 10.4. The van der Waals surface area contributed by atoms with E-state index in [1.54, 1.807) is 6.07 Å². The SMILES string of the molecule is Cc1ccc(C(=O)Cc2cc(F)cc(CN3CCN(C(=O)C4CCCC4)[C@@H](C)C3)c2C)c(C)c1. The molecular formula is C29H37FN2O2. The average molecular weight is 465 g/mol. The number of ketones is 1. The average Bonchev–Trinajstić information content (AvgIpc) is 3.31. The van der Waals surface area contributed by atoms with E-state index in [4.69, 9.17) is 0 Å². The highest BCUT2D eigenvalue weighted by atomic mass is 19.1. The number of rotatable bonds is 6. The number of carbonyl (C=O) groups excluding carboxylic acids is 2. The predicted octanol–water partition coefficient (Wildman–Crippen LogP) is 5.40. The fraction of sp³-hybridized carbons (Fsp3) is 0.517. The predicted molar refractivity (Wildman–Crippen MR) is 133 cm³/mol. The van der Waals surface area contributed by atoms with Gasteiger partial charge in [-0.05, 0) is 74.9 Å². The summed E-state index contributed by atoms with van der Waals surface area (Å²) >= 11 is 0. The van der Waals surface area contributed by atoms with Crippen LogP contribution in [0.15, 0.2) is 30.3 Å². The molecule has 2 aliphatic rings. The highest BCUT2D eigenvalue weighted by Crippen LogP contribution is 2.28. The molecule has 2 aromatic carbocycles. The number of carbonyl (C=O) groups is 2. The first-order chi connectivity index (χ1) is 16.2. The molecule has 0 aromatic heterocycles. The van der Waals surface area contributed by atoms with E-state index >= 15 is 0 Å². The summed E-state index contributed by atoms with van der Waals surface area (Å²) in [5.41, 5.74) is 5.44. The quantitative estimate of drug-likeness (QED) is 0.538. The summed E-state index contributed by atoms with van der Waals surface area (Å²) in [4.78, 5) is 30.3. The van der Waals surface area contributed by atoms with Crippen LogP contribution in [0.3, 0.4) is 0 Å². The lowest BCUT2D eigenvalue weighted by Gasteiger charge is -2.41. The molecule has 4 rings (SSSR count). The minimum atomic E-state index is -0.299. The summed E-state index contributed by atoms with van der Waals surface area (Å²) < 4.78 is 14.6. The first-order valence-corrected chi connectivity index (χ1v) is 12.6. The van der Waals surface area contributed by atoms with Crippen molar-refractivity contribution < 1.29 is 14.0 Å². The lowest BCUT2D eigenvalue weighted by Crippen LogP contribution is -2.54. The maximum atomic E-state index is 14.6. The smallest absolute Gasteiger partial charge is 0.226 e. The maximum absolute atomic E-state index is 14.6. The van der Waals surface area contributed by atoms with Gasteiger partial charge in [0.25, 0.3) is 0 Å². The maximum Gasteiger partial charge on any atom is 0.226 e. The molecule has 1 saturated heterocycles. The molecule has 0 spiro atoms. The summed E-state index contributed by atoms with van der Waals surface area (Å²) in [7, 11) is 0. The van der Waals surface area contributed by atoms with E-state index in [0.717, 1.165) is 73.1 Å². The second-order valence-corrected chi connectivity index (χ2v) is 10.4. The van der Waals surface area contributed by atoms with E-state index in [1.165, 1.54) is 6.07 Å². The number of hydrogen-bond acceptors (Lipinski definition) is 3. The Bertz CT molecular complexity index is 1070. The molecule has 1 amide bonds. The van der Waals surface area contributed by atoms with Gasteiger partial charge in [-0.1, -0.05) is 36.6 Å². The fourth-order valence-corrected chi connectivity index (χ4v) is 5.69.